The highest BCUT2D eigenvalue weighted by molar-refractivity contribution is 7.90. The first kappa shape index (κ1) is 12.8. The molecular formula is C11H16N4O2S. The van der Waals surface area contributed by atoms with E-state index in [1.165, 1.54) is 0 Å². The second-order valence-corrected chi connectivity index (χ2v) is 5.84. The van der Waals surface area contributed by atoms with E-state index in [1.54, 1.807) is 24.3 Å². The van der Waals surface area contributed by atoms with Crippen molar-refractivity contribution in [2.24, 2.45) is 5.73 Å². The van der Waals surface area contributed by atoms with E-state index in [0.29, 0.717) is 12.1 Å². The first-order valence-corrected chi connectivity index (χ1v) is 7.15. The zero-order valence-electron chi connectivity index (χ0n) is 9.81. The van der Waals surface area contributed by atoms with Crippen LogP contribution < -0.4 is 15.2 Å². The molecule has 1 fully saturated rings. The van der Waals surface area contributed by atoms with E-state index < -0.39 is 10.2 Å². The van der Waals surface area contributed by atoms with Crippen LogP contribution in [0, 0.1) is 5.41 Å². The monoisotopic (exact) mass is 268 g/mol. The zero-order chi connectivity index (χ0) is 13.2. The molecular weight excluding hydrogens is 252 g/mol. The normalized spacial score (nSPS) is 15.3. The van der Waals surface area contributed by atoms with Crippen LogP contribution in [0.15, 0.2) is 24.3 Å². The molecule has 0 aromatic heterocycles. The topological polar surface area (TPSA) is 108 Å². The van der Waals surface area contributed by atoms with Crippen LogP contribution in [0.5, 0.6) is 0 Å². The Morgan fingerprint density at radius 1 is 1.33 bits per heavy atom. The van der Waals surface area contributed by atoms with E-state index in [4.69, 9.17) is 11.1 Å². The molecule has 18 heavy (non-hydrogen) atoms. The molecule has 7 heteroatoms. The zero-order valence-corrected chi connectivity index (χ0v) is 10.6. The maximum atomic E-state index is 11.6. The van der Waals surface area contributed by atoms with Crippen molar-refractivity contribution in [1.29, 1.82) is 5.41 Å². The van der Waals surface area contributed by atoms with Crippen molar-refractivity contribution < 1.29 is 8.42 Å². The van der Waals surface area contributed by atoms with Crippen LogP contribution in [0.1, 0.15) is 18.4 Å². The Morgan fingerprint density at radius 2 is 1.94 bits per heavy atom. The highest BCUT2D eigenvalue weighted by Gasteiger charge is 2.26. The van der Waals surface area contributed by atoms with Crippen LogP contribution >= 0.6 is 0 Å². The third kappa shape index (κ3) is 4.01. The summed E-state index contributed by atoms with van der Waals surface area (Å²) in [5.41, 5.74) is 6.66. The predicted octanol–water partition coefficient (Wildman–Crippen LogP) is 0.574. The van der Waals surface area contributed by atoms with Crippen LogP contribution in [0.3, 0.4) is 0 Å². The lowest BCUT2D eigenvalue weighted by atomic mass is 10.1. The molecule has 1 aliphatic carbocycles. The van der Waals surface area contributed by atoms with E-state index in [9.17, 15) is 8.42 Å². The Hall–Kier alpha value is -1.60. The standard InChI is InChI=1S/C11H16N4O2S/c12-11(13)7-8-1-3-9(4-2-8)14-18(16,17)15-10-5-6-10/h1-4,10,14-15H,5-7H2,(H3,12,13). The van der Waals surface area contributed by atoms with Gasteiger partial charge in [-0.25, -0.2) is 0 Å². The highest BCUT2D eigenvalue weighted by atomic mass is 32.2. The van der Waals surface area contributed by atoms with Gasteiger partial charge in [0.25, 0.3) is 10.2 Å². The summed E-state index contributed by atoms with van der Waals surface area (Å²) in [4.78, 5) is 0. The minimum absolute atomic E-state index is 0.0822. The summed E-state index contributed by atoms with van der Waals surface area (Å²) >= 11 is 0. The van der Waals surface area contributed by atoms with Crippen LogP contribution in [-0.2, 0) is 16.6 Å². The third-order valence-electron chi connectivity index (χ3n) is 2.50. The second-order valence-electron chi connectivity index (χ2n) is 4.40. The van der Waals surface area contributed by atoms with E-state index in [0.717, 1.165) is 18.4 Å². The quantitative estimate of drug-likeness (QED) is 0.447. The van der Waals surface area contributed by atoms with Crippen molar-refractivity contribution in [3.8, 4) is 0 Å². The van der Waals surface area contributed by atoms with Gasteiger partial charge in [-0.05, 0) is 30.5 Å². The number of rotatable bonds is 6. The first-order valence-electron chi connectivity index (χ1n) is 5.66. The molecule has 0 saturated heterocycles. The SMILES string of the molecule is N=C(N)Cc1ccc(NS(=O)(=O)NC2CC2)cc1. The summed E-state index contributed by atoms with van der Waals surface area (Å²) in [5.74, 6) is 0.0822. The fraction of sp³-hybridized carbons (Fsp3) is 0.364. The maximum absolute atomic E-state index is 11.6. The molecule has 0 unspecified atom stereocenters. The third-order valence-corrected chi connectivity index (χ3v) is 3.65. The largest absolute Gasteiger partial charge is 0.387 e. The van der Waals surface area contributed by atoms with Crippen molar-refractivity contribution in [3.05, 3.63) is 29.8 Å². The molecule has 1 saturated carbocycles. The van der Waals surface area contributed by atoms with E-state index in [1.807, 2.05) is 0 Å². The van der Waals surface area contributed by atoms with Gasteiger partial charge in [-0.1, -0.05) is 12.1 Å². The Bertz CT molecular complexity index is 535. The van der Waals surface area contributed by atoms with Gasteiger partial charge in [0.05, 0.1) is 5.84 Å². The first-order chi connectivity index (χ1) is 8.44. The minimum Gasteiger partial charge on any atom is -0.387 e. The Labute approximate surface area is 106 Å². The lowest BCUT2D eigenvalue weighted by Gasteiger charge is -2.09. The molecule has 1 aliphatic rings. The molecule has 6 nitrogen and oxygen atoms in total. The maximum Gasteiger partial charge on any atom is 0.299 e. The van der Waals surface area contributed by atoms with Crippen molar-refractivity contribution >= 4 is 21.7 Å². The van der Waals surface area contributed by atoms with E-state index in [-0.39, 0.29) is 11.9 Å². The number of nitrogens with one attached hydrogen (secondary N) is 3. The Balaban J connectivity index is 1.98. The van der Waals surface area contributed by atoms with Gasteiger partial charge in [0, 0.05) is 18.2 Å². The minimum atomic E-state index is -3.47. The summed E-state index contributed by atoms with van der Waals surface area (Å²) in [7, 11) is -3.47. The lowest BCUT2D eigenvalue weighted by molar-refractivity contribution is 0.586. The molecule has 5 N–H and O–H groups in total. The number of hydrogen-bond acceptors (Lipinski definition) is 3. The lowest BCUT2D eigenvalue weighted by Crippen LogP contribution is -2.31. The van der Waals surface area contributed by atoms with Gasteiger partial charge in [-0.15, -0.1) is 0 Å². The predicted molar refractivity (Wildman–Crippen MR) is 70.8 cm³/mol. The molecule has 0 aliphatic heterocycles. The van der Waals surface area contributed by atoms with Crippen LogP contribution in [-0.4, -0.2) is 20.3 Å². The summed E-state index contributed by atoms with van der Waals surface area (Å²) in [6.45, 7) is 0. The molecule has 0 bridgehead atoms. The van der Waals surface area contributed by atoms with Gasteiger partial charge in [-0.2, -0.15) is 13.1 Å². The molecule has 2 rings (SSSR count). The molecule has 0 radical (unpaired) electrons. The molecule has 1 aromatic carbocycles. The number of nitrogens with two attached hydrogens (primary N) is 1. The number of anilines is 1. The van der Waals surface area contributed by atoms with E-state index in [2.05, 4.69) is 9.44 Å². The smallest absolute Gasteiger partial charge is 0.299 e. The Morgan fingerprint density at radius 3 is 2.44 bits per heavy atom. The van der Waals surface area contributed by atoms with Gasteiger partial charge in [-0.3, -0.25) is 10.1 Å². The van der Waals surface area contributed by atoms with Crippen LogP contribution in [0.25, 0.3) is 0 Å². The molecule has 0 heterocycles. The van der Waals surface area contributed by atoms with Crippen LogP contribution in [0.2, 0.25) is 0 Å². The summed E-state index contributed by atoms with van der Waals surface area (Å²) in [5, 5.41) is 7.17. The summed E-state index contributed by atoms with van der Waals surface area (Å²) in [6.07, 6.45) is 2.17. The van der Waals surface area contributed by atoms with Crippen molar-refractivity contribution in [2.45, 2.75) is 25.3 Å². The van der Waals surface area contributed by atoms with Crippen molar-refractivity contribution in [2.75, 3.05) is 4.72 Å². The second kappa shape index (κ2) is 4.95. The summed E-state index contributed by atoms with van der Waals surface area (Å²) < 4.78 is 28.3. The van der Waals surface area contributed by atoms with Crippen molar-refractivity contribution in [1.82, 2.24) is 4.72 Å². The molecule has 0 spiro atoms. The molecule has 0 atom stereocenters. The fourth-order valence-electron chi connectivity index (χ4n) is 1.52. The average Bonchev–Trinajstić information content (AvgIpc) is 3.03. The van der Waals surface area contributed by atoms with Gasteiger partial charge in [0.15, 0.2) is 0 Å². The van der Waals surface area contributed by atoms with Gasteiger partial charge in [0.2, 0.25) is 0 Å². The van der Waals surface area contributed by atoms with Gasteiger partial charge < -0.3 is 5.73 Å². The number of benzene rings is 1. The van der Waals surface area contributed by atoms with E-state index >= 15 is 0 Å². The van der Waals surface area contributed by atoms with Crippen LogP contribution in [0.4, 0.5) is 5.69 Å². The highest BCUT2D eigenvalue weighted by Crippen LogP contribution is 2.20. The molecule has 0 amide bonds. The number of hydrogen-bond donors (Lipinski definition) is 4. The average molecular weight is 268 g/mol. The molecule has 98 valence electrons. The fourth-order valence-corrected chi connectivity index (χ4v) is 2.70. The Kier molecular flexibility index (Phi) is 3.53. The van der Waals surface area contributed by atoms with Gasteiger partial charge in [0.1, 0.15) is 0 Å². The van der Waals surface area contributed by atoms with Crippen molar-refractivity contribution in [3.63, 3.8) is 0 Å². The molecule has 1 aromatic rings. The number of amidine groups is 1. The summed E-state index contributed by atoms with van der Waals surface area (Å²) in [6, 6.07) is 6.89. The van der Waals surface area contributed by atoms with Gasteiger partial charge >= 0.3 is 0 Å².